The molecule has 1 atom stereocenters. The zero-order valence-electron chi connectivity index (χ0n) is 18.7. The number of hydrogen-bond acceptors (Lipinski definition) is 6. The van der Waals surface area contributed by atoms with Crippen molar-refractivity contribution >= 4 is 44.9 Å². The molecule has 2 heterocycles. The highest BCUT2D eigenvalue weighted by Gasteiger charge is 2.36. The molecule has 3 aromatic carbocycles. The molecule has 2 aliphatic heterocycles. The van der Waals surface area contributed by atoms with Crippen LogP contribution in [-0.4, -0.2) is 46.6 Å². The second-order valence-corrected chi connectivity index (χ2v) is 10.4. The van der Waals surface area contributed by atoms with Crippen molar-refractivity contribution < 1.29 is 27.5 Å². The fourth-order valence-electron chi connectivity index (χ4n) is 4.32. The molecular formula is C25H21ClN2O6S. The van der Waals surface area contributed by atoms with Gasteiger partial charge in [-0.25, -0.2) is 13.2 Å². The first-order valence-corrected chi connectivity index (χ1v) is 12.7. The fraction of sp³-hybridized carbons (Fsp3) is 0.200. The van der Waals surface area contributed by atoms with Crippen LogP contribution in [0.2, 0.25) is 5.02 Å². The van der Waals surface area contributed by atoms with E-state index in [0.717, 1.165) is 5.56 Å². The largest absolute Gasteiger partial charge is 0.475 e. The second kappa shape index (κ2) is 8.90. The van der Waals surface area contributed by atoms with Crippen LogP contribution in [0, 0.1) is 0 Å². The molecule has 0 saturated carbocycles. The number of sulfonamides is 1. The normalized spacial score (nSPS) is 16.8. The second-order valence-electron chi connectivity index (χ2n) is 8.14. The van der Waals surface area contributed by atoms with Gasteiger partial charge in [-0.05, 0) is 66.6 Å². The average molecular weight is 513 g/mol. The number of anilines is 2. The maximum absolute atomic E-state index is 13.5. The molecule has 1 amide bonds. The van der Waals surface area contributed by atoms with Crippen molar-refractivity contribution in [2.45, 2.75) is 17.4 Å². The number of amides is 1. The summed E-state index contributed by atoms with van der Waals surface area (Å²) in [4.78, 5) is 27.3. The number of hydrogen-bond donors (Lipinski definition) is 0. The molecule has 5 rings (SSSR count). The van der Waals surface area contributed by atoms with Gasteiger partial charge in [0, 0.05) is 17.1 Å². The van der Waals surface area contributed by atoms with Crippen LogP contribution in [-0.2, 0) is 26.0 Å². The minimum atomic E-state index is -3.77. The molecule has 0 aromatic heterocycles. The van der Waals surface area contributed by atoms with E-state index in [1.807, 2.05) is 0 Å². The van der Waals surface area contributed by atoms with Crippen molar-refractivity contribution in [1.82, 2.24) is 0 Å². The molecule has 180 valence electrons. The maximum Gasteiger partial charge on any atom is 0.348 e. The Bertz CT molecular complexity index is 1420. The Morgan fingerprint density at radius 3 is 2.51 bits per heavy atom. The van der Waals surface area contributed by atoms with Gasteiger partial charge in [0.05, 0.1) is 29.9 Å². The van der Waals surface area contributed by atoms with Crippen LogP contribution in [0.3, 0.4) is 0 Å². The molecule has 2 aliphatic rings. The Morgan fingerprint density at radius 2 is 1.77 bits per heavy atom. The van der Waals surface area contributed by atoms with Crippen LogP contribution in [0.25, 0.3) is 0 Å². The molecule has 0 bridgehead atoms. The standard InChI is InChI=1S/C25H21ClN2O6S/c1-33-25(30)23-15-27(21-4-2-3-5-22(21)34-23)24(29)17-6-11-20-16(14-17)12-13-28(20)35(31,32)19-9-7-18(26)8-10-19/h2-11,14,23H,12-13,15H2,1H3/t23-/m1/s1. The molecule has 0 spiro atoms. The Kier molecular flexibility index (Phi) is 5.90. The van der Waals surface area contributed by atoms with E-state index in [4.69, 9.17) is 21.1 Å². The number of carbonyl (C=O) groups excluding carboxylic acids is 2. The molecule has 3 aromatic rings. The van der Waals surface area contributed by atoms with Crippen molar-refractivity contribution in [3.63, 3.8) is 0 Å². The lowest BCUT2D eigenvalue weighted by atomic mass is 10.1. The topological polar surface area (TPSA) is 93.2 Å². The van der Waals surface area contributed by atoms with Crippen molar-refractivity contribution in [1.29, 1.82) is 0 Å². The quantitative estimate of drug-likeness (QED) is 0.495. The lowest BCUT2D eigenvalue weighted by molar-refractivity contribution is -0.148. The van der Waals surface area contributed by atoms with Crippen LogP contribution in [0.4, 0.5) is 11.4 Å². The van der Waals surface area contributed by atoms with E-state index in [1.165, 1.54) is 40.6 Å². The van der Waals surface area contributed by atoms with Gasteiger partial charge in [-0.1, -0.05) is 23.7 Å². The molecule has 0 radical (unpaired) electrons. The van der Waals surface area contributed by atoms with Gasteiger partial charge in [-0.2, -0.15) is 0 Å². The number of nitrogens with zero attached hydrogens (tertiary/aromatic N) is 2. The maximum atomic E-state index is 13.5. The minimum Gasteiger partial charge on any atom is -0.475 e. The van der Waals surface area contributed by atoms with Gasteiger partial charge < -0.3 is 14.4 Å². The molecule has 0 unspecified atom stereocenters. The SMILES string of the molecule is COC(=O)[C@H]1CN(C(=O)c2ccc3c(c2)CCN3S(=O)(=O)c2ccc(Cl)cc2)c2ccccc2O1. The number of esters is 1. The van der Waals surface area contributed by atoms with Crippen molar-refractivity contribution in [3.8, 4) is 5.75 Å². The Hall–Kier alpha value is -3.56. The third-order valence-electron chi connectivity index (χ3n) is 6.06. The summed E-state index contributed by atoms with van der Waals surface area (Å²) in [6, 6.07) is 17.9. The van der Waals surface area contributed by atoms with E-state index in [1.54, 1.807) is 42.5 Å². The number of halogens is 1. The Morgan fingerprint density at radius 1 is 1.03 bits per heavy atom. The van der Waals surface area contributed by atoms with Crippen LogP contribution in [0.15, 0.2) is 71.6 Å². The first-order chi connectivity index (χ1) is 16.8. The van der Waals surface area contributed by atoms with Gasteiger partial charge >= 0.3 is 5.97 Å². The monoisotopic (exact) mass is 512 g/mol. The first-order valence-electron chi connectivity index (χ1n) is 10.9. The number of rotatable bonds is 4. The Labute approximate surface area is 207 Å². The van der Waals surface area contributed by atoms with Crippen LogP contribution >= 0.6 is 11.6 Å². The third kappa shape index (κ3) is 4.11. The lowest BCUT2D eigenvalue weighted by Crippen LogP contribution is -2.47. The van der Waals surface area contributed by atoms with Gasteiger partial charge in [0.1, 0.15) is 5.75 Å². The van der Waals surface area contributed by atoms with E-state index >= 15 is 0 Å². The number of ether oxygens (including phenoxy) is 2. The first kappa shape index (κ1) is 23.2. The summed E-state index contributed by atoms with van der Waals surface area (Å²) in [6.45, 7) is 0.263. The third-order valence-corrected chi connectivity index (χ3v) is 8.14. The van der Waals surface area contributed by atoms with Gasteiger partial charge in [-0.3, -0.25) is 9.10 Å². The van der Waals surface area contributed by atoms with Crippen LogP contribution < -0.4 is 13.9 Å². The fourth-order valence-corrected chi connectivity index (χ4v) is 5.95. The van der Waals surface area contributed by atoms with Crippen molar-refractivity contribution in [3.05, 3.63) is 82.9 Å². The highest BCUT2D eigenvalue weighted by Crippen LogP contribution is 2.37. The number of fused-ring (bicyclic) bond motifs is 2. The van der Waals surface area contributed by atoms with E-state index in [2.05, 4.69) is 0 Å². The number of carbonyl (C=O) groups is 2. The highest BCUT2D eigenvalue weighted by atomic mass is 35.5. The molecular weight excluding hydrogens is 492 g/mol. The van der Waals surface area contributed by atoms with Crippen LogP contribution in [0.1, 0.15) is 15.9 Å². The lowest BCUT2D eigenvalue weighted by Gasteiger charge is -2.33. The minimum absolute atomic E-state index is 0.00330. The summed E-state index contributed by atoms with van der Waals surface area (Å²) in [5.74, 6) is -0.491. The van der Waals surface area contributed by atoms with Gasteiger partial charge in [0.25, 0.3) is 15.9 Å². The van der Waals surface area contributed by atoms with Gasteiger partial charge in [0.2, 0.25) is 6.10 Å². The summed E-state index contributed by atoms with van der Waals surface area (Å²) in [7, 11) is -2.50. The zero-order chi connectivity index (χ0) is 24.7. The number of benzene rings is 3. The van der Waals surface area contributed by atoms with Crippen molar-refractivity contribution in [2.24, 2.45) is 0 Å². The number of methoxy groups -OCH3 is 1. The van der Waals surface area contributed by atoms with E-state index in [9.17, 15) is 18.0 Å². The van der Waals surface area contributed by atoms with E-state index in [-0.39, 0.29) is 23.9 Å². The smallest absolute Gasteiger partial charge is 0.348 e. The van der Waals surface area contributed by atoms with E-state index < -0.39 is 22.1 Å². The summed E-state index contributed by atoms with van der Waals surface area (Å²) in [6.07, 6.45) is -0.485. The van der Waals surface area contributed by atoms with Crippen molar-refractivity contribution in [2.75, 3.05) is 29.4 Å². The summed E-state index contributed by atoms with van der Waals surface area (Å²) < 4.78 is 38.3. The predicted molar refractivity (Wildman–Crippen MR) is 131 cm³/mol. The van der Waals surface area contributed by atoms with Crippen LogP contribution in [0.5, 0.6) is 5.75 Å². The molecule has 0 fully saturated rings. The molecule has 10 heteroatoms. The zero-order valence-corrected chi connectivity index (χ0v) is 20.3. The highest BCUT2D eigenvalue weighted by molar-refractivity contribution is 7.92. The number of para-hydroxylation sites is 2. The molecule has 0 aliphatic carbocycles. The molecule has 35 heavy (non-hydrogen) atoms. The molecule has 0 saturated heterocycles. The molecule has 0 N–H and O–H groups in total. The molecule has 8 nitrogen and oxygen atoms in total. The van der Waals surface area contributed by atoms with Gasteiger partial charge in [-0.15, -0.1) is 0 Å². The predicted octanol–water partition coefficient (Wildman–Crippen LogP) is 3.67. The Balaban J connectivity index is 1.45. The average Bonchev–Trinajstić information content (AvgIpc) is 3.31. The summed E-state index contributed by atoms with van der Waals surface area (Å²) >= 11 is 5.90. The van der Waals surface area contributed by atoms with E-state index in [0.29, 0.717) is 34.1 Å². The summed E-state index contributed by atoms with van der Waals surface area (Å²) in [5.41, 5.74) is 2.21. The van der Waals surface area contributed by atoms with Gasteiger partial charge in [0.15, 0.2) is 0 Å². The summed E-state index contributed by atoms with van der Waals surface area (Å²) in [5, 5.41) is 0.452.